The summed E-state index contributed by atoms with van der Waals surface area (Å²) in [6.07, 6.45) is 2.57. The van der Waals surface area contributed by atoms with Gasteiger partial charge in [0.1, 0.15) is 0 Å². The van der Waals surface area contributed by atoms with Crippen molar-refractivity contribution in [3.8, 4) is 0 Å². The number of anilines is 1. The zero-order valence-corrected chi connectivity index (χ0v) is 12.7. The summed E-state index contributed by atoms with van der Waals surface area (Å²) in [5.41, 5.74) is 7.48. The molecule has 1 aromatic carbocycles. The summed E-state index contributed by atoms with van der Waals surface area (Å²) < 4.78 is 27.8. The van der Waals surface area contributed by atoms with Gasteiger partial charge in [0.2, 0.25) is 10.0 Å². The lowest BCUT2D eigenvalue weighted by molar-refractivity contribution is 0.101. The van der Waals surface area contributed by atoms with Crippen LogP contribution in [0.4, 0.5) is 5.69 Å². The SMILES string of the molecule is Cc1ccc(N)c(C)c1S(=O)(=O)NC1CCCCC1O. The molecule has 1 fully saturated rings. The zero-order chi connectivity index (χ0) is 14.9. The summed E-state index contributed by atoms with van der Waals surface area (Å²) in [5.74, 6) is 0. The van der Waals surface area contributed by atoms with Crippen LogP contribution in [0.15, 0.2) is 17.0 Å². The smallest absolute Gasteiger partial charge is 0.241 e. The van der Waals surface area contributed by atoms with Gasteiger partial charge in [0.25, 0.3) is 0 Å². The van der Waals surface area contributed by atoms with E-state index in [-0.39, 0.29) is 4.90 Å². The van der Waals surface area contributed by atoms with Crippen molar-refractivity contribution in [3.63, 3.8) is 0 Å². The fourth-order valence-electron chi connectivity index (χ4n) is 2.76. The Morgan fingerprint density at radius 1 is 1.25 bits per heavy atom. The number of nitrogens with one attached hydrogen (secondary N) is 1. The maximum Gasteiger partial charge on any atom is 0.241 e. The Kier molecular flexibility index (Phi) is 4.36. The minimum atomic E-state index is -3.67. The molecule has 0 amide bonds. The molecule has 0 spiro atoms. The number of aliphatic hydroxyl groups excluding tert-OH is 1. The number of aliphatic hydroxyl groups is 1. The van der Waals surface area contributed by atoms with Crippen molar-refractivity contribution in [2.24, 2.45) is 0 Å². The van der Waals surface area contributed by atoms with Crippen LogP contribution in [-0.4, -0.2) is 25.7 Å². The van der Waals surface area contributed by atoms with Gasteiger partial charge in [0.05, 0.1) is 11.0 Å². The highest BCUT2D eigenvalue weighted by molar-refractivity contribution is 7.89. The number of hydrogen-bond donors (Lipinski definition) is 3. The normalized spacial score (nSPS) is 23.8. The van der Waals surface area contributed by atoms with Crippen LogP contribution in [0, 0.1) is 13.8 Å². The minimum absolute atomic E-state index is 0.232. The van der Waals surface area contributed by atoms with E-state index in [9.17, 15) is 13.5 Å². The highest BCUT2D eigenvalue weighted by atomic mass is 32.2. The molecule has 5 nitrogen and oxygen atoms in total. The first-order valence-electron chi connectivity index (χ1n) is 6.89. The standard InChI is InChI=1S/C14H22N2O3S/c1-9-7-8-11(15)10(2)14(9)20(18,19)16-12-5-3-4-6-13(12)17/h7-8,12-13,16-17H,3-6,15H2,1-2H3. The van der Waals surface area contributed by atoms with Gasteiger partial charge in [-0.05, 0) is 43.9 Å². The Morgan fingerprint density at radius 3 is 2.55 bits per heavy atom. The molecule has 0 heterocycles. The summed E-state index contributed by atoms with van der Waals surface area (Å²) in [4.78, 5) is 0.232. The summed E-state index contributed by atoms with van der Waals surface area (Å²) in [5, 5.41) is 9.92. The molecule has 0 aliphatic heterocycles. The van der Waals surface area contributed by atoms with E-state index in [4.69, 9.17) is 5.73 Å². The lowest BCUT2D eigenvalue weighted by Gasteiger charge is -2.28. The number of hydrogen-bond acceptors (Lipinski definition) is 4. The second-order valence-corrected chi connectivity index (χ2v) is 7.16. The molecule has 1 aliphatic carbocycles. The molecule has 2 atom stereocenters. The summed E-state index contributed by atoms with van der Waals surface area (Å²) in [6.45, 7) is 3.45. The molecule has 6 heteroatoms. The molecule has 0 radical (unpaired) electrons. The maximum absolute atomic E-state index is 12.6. The summed E-state index contributed by atoms with van der Waals surface area (Å²) in [6, 6.07) is 3.00. The van der Waals surface area contributed by atoms with Gasteiger partial charge in [-0.15, -0.1) is 0 Å². The Morgan fingerprint density at radius 2 is 1.90 bits per heavy atom. The van der Waals surface area contributed by atoms with Gasteiger partial charge in [-0.25, -0.2) is 13.1 Å². The van der Waals surface area contributed by atoms with Crippen molar-refractivity contribution in [1.82, 2.24) is 4.72 Å². The van der Waals surface area contributed by atoms with E-state index in [1.807, 2.05) is 0 Å². The monoisotopic (exact) mass is 298 g/mol. The van der Waals surface area contributed by atoms with Crippen LogP contribution in [0.5, 0.6) is 0 Å². The lowest BCUT2D eigenvalue weighted by atomic mass is 9.93. The highest BCUT2D eigenvalue weighted by Gasteiger charge is 2.29. The predicted octanol–water partition coefficient (Wildman–Crippen LogP) is 1.47. The predicted molar refractivity (Wildman–Crippen MR) is 78.9 cm³/mol. The zero-order valence-electron chi connectivity index (χ0n) is 11.9. The lowest BCUT2D eigenvalue weighted by Crippen LogP contribution is -2.45. The van der Waals surface area contributed by atoms with Crippen LogP contribution < -0.4 is 10.5 Å². The third-order valence-corrected chi connectivity index (χ3v) is 5.73. The van der Waals surface area contributed by atoms with Crippen LogP contribution in [0.3, 0.4) is 0 Å². The molecule has 1 aliphatic rings. The quantitative estimate of drug-likeness (QED) is 0.737. The first-order valence-corrected chi connectivity index (χ1v) is 8.37. The topological polar surface area (TPSA) is 92.4 Å². The number of nitrogens with two attached hydrogens (primary N) is 1. The molecule has 1 saturated carbocycles. The van der Waals surface area contributed by atoms with Crippen LogP contribution in [0.1, 0.15) is 36.8 Å². The van der Waals surface area contributed by atoms with E-state index in [2.05, 4.69) is 4.72 Å². The van der Waals surface area contributed by atoms with E-state index in [1.165, 1.54) is 0 Å². The molecule has 0 bridgehead atoms. The number of rotatable bonds is 3. The molecular weight excluding hydrogens is 276 g/mol. The largest absolute Gasteiger partial charge is 0.398 e. The summed E-state index contributed by atoms with van der Waals surface area (Å²) >= 11 is 0. The fraction of sp³-hybridized carbons (Fsp3) is 0.571. The van der Waals surface area contributed by atoms with Crippen LogP contribution in [-0.2, 0) is 10.0 Å². The third kappa shape index (κ3) is 2.97. The van der Waals surface area contributed by atoms with Gasteiger partial charge in [0.15, 0.2) is 0 Å². The van der Waals surface area contributed by atoms with E-state index < -0.39 is 22.2 Å². The Balaban J connectivity index is 2.33. The highest BCUT2D eigenvalue weighted by Crippen LogP contribution is 2.26. The second-order valence-electron chi connectivity index (χ2n) is 5.51. The number of aryl methyl sites for hydroxylation is 1. The van der Waals surface area contributed by atoms with E-state index in [0.717, 1.165) is 12.8 Å². The van der Waals surface area contributed by atoms with Crippen LogP contribution in [0.2, 0.25) is 0 Å². The van der Waals surface area contributed by atoms with Crippen molar-refractivity contribution in [2.75, 3.05) is 5.73 Å². The van der Waals surface area contributed by atoms with Gasteiger partial charge in [0, 0.05) is 11.7 Å². The molecule has 0 aromatic heterocycles. The Labute approximate surface area is 120 Å². The van der Waals surface area contributed by atoms with E-state index >= 15 is 0 Å². The number of benzene rings is 1. The second kappa shape index (κ2) is 5.71. The Bertz CT molecular complexity index is 599. The molecule has 2 unspecified atom stereocenters. The molecule has 2 rings (SSSR count). The third-order valence-electron chi connectivity index (χ3n) is 3.95. The van der Waals surface area contributed by atoms with Gasteiger partial charge >= 0.3 is 0 Å². The van der Waals surface area contributed by atoms with Gasteiger partial charge in [-0.3, -0.25) is 0 Å². The Hall–Kier alpha value is -1.11. The fourth-order valence-corrected chi connectivity index (χ4v) is 4.57. The number of nitrogen functional groups attached to an aromatic ring is 1. The van der Waals surface area contributed by atoms with Crippen LogP contribution in [0.25, 0.3) is 0 Å². The van der Waals surface area contributed by atoms with E-state index in [1.54, 1.807) is 26.0 Å². The van der Waals surface area contributed by atoms with E-state index in [0.29, 0.717) is 29.7 Å². The van der Waals surface area contributed by atoms with Crippen molar-refractivity contribution in [2.45, 2.75) is 56.6 Å². The first kappa shape index (κ1) is 15.3. The van der Waals surface area contributed by atoms with Gasteiger partial charge in [-0.2, -0.15) is 0 Å². The number of sulfonamides is 1. The van der Waals surface area contributed by atoms with Crippen molar-refractivity contribution < 1.29 is 13.5 Å². The van der Waals surface area contributed by atoms with Crippen molar-refractivity contribution >= 4 is 15.7 Å². The molecule has 20 heavy (non-hydrogen) atoms. The minimum Gasteiger partial charge on any atom is -0.398 e. The van der Waals surface area contributed by atoms with Gasteiger partial charge in [-0.1, -0.05) is 18.9 Å². The maximum atomic E-state index is 12.6. The molecule has 0 saturated heterocycles. The van der Waals surface area contributed by atoms with Crippen molar-refractivity contribution in [1.29, 1.82) is 0 Å². The van der Waals surface area contributed by atoms with Crippen LogP contribution >= 0.6 is 0 Å². The first-order chi connectivity index (χ1) is 9.33. The summed E-state index contributed by atoms with van der Waals surface area (Å²) in [7, 11) is -3.67. The van der Waals surface area contributed by atoms with Crippen molar-refractivity contribution in [3.05, 3.63) is 23.3 Å². The molecular formula is C14H22N2O3S. The average Bonchev–Trinajstić information content (AvgIpc) is 2.37. The molecule has 112 valence electrons. The van der Waals surface area contributed by atoms with Gasteiger partial charge < -0.3 is 10.8 Å². The average molecular weight is 298 g/mol. The molecule has 1 aromatic rings. The molecule has 4 N–H and O–H groups in total.